The number of rotatable bonds is 3. The Morgan fingerprint density at radius 1 is 1.09 bits per heavy atom. The fraction of sp³-hybridized carbons (Fsp3) is 0. The van der Waals surface area contributed by atoms with Crippen LogP contribution in [0.5, 0.6) is 0 Å². The smallest absolute Gasteiger partial charge is 0.270 e. The van der Waals surface area contributed by atoms with Crippen molar-refractivity contribution >= 4 is 11.6 Å². The predicted octanol–water partition coefficient (Wildman–Crippen LogP) is 2.70. The van der Waals surface area contributed by atoms with Gasteiger partial charge in [-0.1, -0.05) is 18.2 Å². The summed E-state index contributed by atoms with van der Waals surface area (Å²) in [5.74, 6) is 0.120. The molecule has 2 N–H and O–H groups in total. The van der Waals surface area contributed by atoms with Crippen molar-refractivity contribution in [3.63, 3.8) is 0 Å². The molecule has 0 saturated heterocycles. The number of pyridine rings is 1. The van der Waals surface area contributed by atoms with Crippen LogP contribution in [0.25, 0.3) is 22.5 Å². The van der Waals surface area contributed by atoms with Gasteiger partial charge < -0.3 is 5.73 Å². The highest BCUT2D eigenvalue weighted by atomic mass is 16.6. The molecular formula is C15H11N5O2. The minimum atomic E-state index is -0.442. The SMILES string of the molecule is Nc1ncc(-c2cccc([N+](=O)[O-])c2)c(-c2ccccn2)n1. The standard InChI is InChI=1S/C15H11N5O2/c16-15-18-9-12(10-4-3-5-11(8-10)20(21)22)14(19-15)13-6-1-2-7-17-13/h1-9H,(H2,16,18,19). The van der Waals surface area contributed by atoms with E-state index in [0.29, 0.717) is 22.5 Å². The average molecular weight is 293 g/mol. The summed E-state index contributed by atoms with van der Waals surface area (Å²) in [4.78, 5) is 23.0. The summed E-state index contributed by atoms with van der Waals surface area (Å²) < 4.78 is 0. The molecule has 0 aliphatic carbocycles. The molecule has 0 fully saturated rings. The molecule has 2 heterocycles. The van der Waals surface area contributed by atoms with E-state index in [0.717, 1.165) is 0 Å². The van der Waals surface area contributed by atoms with Crippen molar-refractivity contribution in [2.24, 2.45) is 0 Å². The van der Waals surface area contributed by atoms with E-state index in [9.17, 15) is 10.1 Å². The lowest BCUT2D eigenvalue weighted by Crippen LogP contribution is -1.99. The van der Waals surface area contributed by atoms with Crippen molar-refractivity contribution in [3.8, 4) is 22.5 Å². The second kappa shape index (κ2) is 5.57. The van der Waals surface area contributed by atoms with Crippen LogP contribution in [-0.4, -0.2) is 19.9 Å². The molecule has 0 amide bonds. The first-order chi connectivity index (χ1) is 10.6. The Morgan fingerprint density at radius 3 is 2.68 bits per heavy atom. The Balaban J connectivity index is 2.19. The molecule has 0 aliphatic rings. The van der Waals surface area contributed by atoms with Crippen LogP contribution in [-0.2, 0) is 0 Å². The normalized spacial score (nSPS) is 10.4. The van der Waals surface area contributed by atoms with Crippen LogP contribution in [0.4, 0.5) is 11.6 Å². The first-order valence-electron chi connectivity index (χ1n) is 6.44. The summed E-state index contributed by atoms with van der Waals surface area (Å²) in [6, 6.07) is 11.7. The quantitative estimate of drug-likeness (QED) is 0.587. The van der Waals surface area contributed by atoms with Crippen LogP contribution >= 0.6 is 0 Å². The molecule has 0 bridgehead atoms. The Morgan fingerprint density at radius 2 is 1.95 bits per heavy atom. The lowest BCUT2D eigenvalue weighted by Gasteiger charge is -2.08. The number of nitro benzene ring substituents is 1. The zero-order valence-electron chi connectivity index (χ0n) is 11.4. The molecule has 7 heteroatoms. The number of hydrogen-bond acceptors (Lipinski definition) is 6. The third-order valence-electron chi connectivity index (χ3n) is 3.08. The van der Waals surface area contributed by atoms with E-state index in [4.69, 9.17) is 5.73 Å². The largest absolute Gasteiger partial charge is 0.368 e. The summed E-state index contributed by atoms with van der Waals surface area (Å²) in [6.07, 6.45) is 3.19. The zero-order valence-corrected chi connectivity index (χ0v) is 11.4. The number of non-ortho nitro benzene ring substituents is 1. The summed E-state index contributed by atoms with van der Waals surface area (Å²) in [6.45, 7) is 0. The molecule has 3 rings (SSSR count). The number of nitrogen functional groups attached to an aromatic ring is 1. The average Bonchev–Trinajstić information content (AvgIpc) is 2.55. The second-order valence-electron chi connectivity index (χ2n) is 4.51. The van der Waals surface area contributed by atoms with Crippen molar-refractivity contribution in [1.29, 1.82) is 0 Å². The zero-order chi connectivity index (χ0) is 15.5. The van der Waals surface area contributed by atoms with E-state index >= 15 is 0 Å². The summed E-state index contributed by atoms with van der Waals surface area (Å²) >= 11 is 0. The molecule has 3 aromatic rings. The van der Waals surface area contributed by atoms with Gasteiger partial charge in [-0.2, -0.15) is 0 Å². The molecule has 108 valence electrons. The fourth-order valence-electron chi connectivity index (χ4n) is 2.09. The molecule has 2 aromatic heterocycles. The number of nitro groups is 1. The maximum Gasteiger partial charge on any atom is 0.270 e. The monoisotopic (exact) mass is 293 g/mol. The number of anilines is 1. The van der Waals surface area contributed by atoms with E-state index < -0.39 is 4.92 Å². The number of benzene rings is 1. The molecule has 0 unspecified atom stereocenters. The number of nitrogens with two attached hydrogens (primary N) is 1. The van der Waals surface area contributed by atoms with Gasteiger partial charge in [-0.15, -0.1) is 0 Å². The molecule has 0 radical (unpaired) electrons. The number of nitrogens with zero attached hydrogens (tertiary/aromatic N) is 4. The van der Waals surface area contributed by atoms with E-state index in [1.54, 1.807) is 36.7 Å². The molecule has 0 spiro atoms. The van der Waals surface area contributed by atoms with E-state index in [1.165, 1.54) is 12.1 Å². The highest BCUT2D eigenvalue weighted by Crippen LogP contribution is 2.31. The molecule has 22 heavy (non-hydrogen) atoms. The predicted molar refractivity (Wildman–Crippen MR) is 81.8 cm³/mol. The van der Waals surface area contributed by atoms with Gasteiger partial charge in [-0.3, -0.25) is 15.1 Å². The van der Waals surface area contributed by atoms with Crippen LogP contribution < -0.4 is 5.73 Å². The van der Waals surface area contributed by atoms with Gasteiger partial charge in [0, 0.05) is 30.1 Å². The van der Waals surface area contributed by atoms with Crippen LogP contribution in [0.1, 0.15) is 0 Å². The van der Waals surface area contributed by atoms with Crippen LogP contribution in [0.3, 0.4) is 0 Å². The minimum absolute atomic E-state index is 0.00120. The van der Waals surface area contributed by atoms with Gasteiger partial charge in [-0.05, 0) is 17.7 Å². The molecule has 0 atom stereocenters. The lowest BCUT2D eigenvalue weighted by atomic mass is 10.0. The fourth-order valence-corrected chi connectivity index (χ4v) is 2.09. The van der Waals surface area contributed by atoms with Gasteiger partial charge in [0.15, 0.2) is 0 Å². The molecule has 7 nitrogen and oxygen atoms in total. The third-order valence-corrected chi connectivity index (χ3v) is 3.08. The maximum absolute atomic E-state index is 10.9. The van der Waals surface area contributed by atoms with Crippen LogP contribution in [0.2, 0.25) is 0 Å². The van der Waals surface area contributed by atoms with Gasteiger partial charge in [0.25, 0.3) is 5.69 Å². The third kappa shape index (κ3) is 2.59. The summed E-state index contributed by atoms with van der Waals surface area (Å²) in [7, 11) is 0. The first-order valence-corrected chi connectivity index (χ1v) is 6.44. The van der Waals surface area contributed by atoms with Crippen LogP contribution in [0.15, 0.2) is 54.9 Å². The van der Waals surface area contributed by atoms with Gasteiger partial charge in [-0.25, -0.2) is 9.97 Å². The Hall–Kier alpha value is -3.35. The highest BCUT2D eigenvalue weighted by Gasteiger charge is 2.14. The second-order valence-corrected chi connectivity index (χ2v) is 4.51. The summed E-state index contributed by atoms with van der Waals surface area (Å²) in [5.41, 5.74) is 8.09. The van der Waals surface area contributed by atoms with Crippen molar-refractivity contribution in [1.82, 2.24) is 15.0 Å². The number of aromatic nitrogens is 3. The summed E-state index contributed by atoms with van der Waals surface area (Å²) in [5, 5.41) is 10.9. The lowest BCUT2D eigenvalue weighted by molar-refractivity contribution is -0.384. The Bertz CT molecular complexity index is 836. The molecule has 0 saturated carbocycles. The molecular weight excluding hydrogens is 282 g/mol. The van der Waals surface area contributed by atoms with Gasteiger partial charge in [0.2, 0.25) is 5.95 Å². The molecule has 1 aromatic carbocycles. The first kappa shape index (κ1) is 13.6. The van der Waals surface area contributed by atoms with E-state index in [2.05, 4.69) is 15.0 Å². The van der Waals surface area contributed by atoms with E-state index in [-0.39, 0.29) is 11.6 Å². The van der Waals surface area contributed by atoms with Crippen LogP contribution in [0, 0.1) is 10.1 Å². The Labute approximate surface area is 125 Å². The van der Waals surface area contributed by atoms with Crippen molar-refractivity contribution in [2.45, 2.75) is 0 Å². The van der Waals surface area contributed by atoms with Gasteiger partial charge >= 0.3 is 0 Å². The maximum atomic E-state index is 10.9. The van der Waals surface area contributed by atoms with E-state index in [1.807, 2.05) is 6.07 Å². The van der Waals surface area contributed by atoms with Gasteiger partial charge in [0.05, 0.1) is 10.6 Å². The topological polar surface area (TPSA) is 108 Å². The number of hydrogen-bond donors (Lipinski definition) is 1. The van der Waals surface area contributed by atoms with Gasteiger partial charge in [0.1, 0.15) is 5.69 Å². The molecule has 0 aliphatic heterocycles. The van der Waals surface area contributed by atoms with Crippen molar-refractivity contribution in [2.75, 3.05) is 5.73 Å². The van der Waals surface area contributed by atoms with Crippen molar-refractivity contribution in [3.05, 3.63) is 65.0 Å². The Kier molecular flexibility index (Phi) is 3.45. The van der Waals surface area contributed by atoms with Crippen molar-refractivity contribution < 1.29 is 4.92 Å². The highest BCUT2D eigenvalue weighted by molar-refractivity contribution is 5.80. The minimum Gasteiger partial charge on any atom is -0.368 e.